The number of carboxylic acids is 3. The largest absolute Gasteiger partial charge is 0.481 e. The van der Waals surface area contributed by atoms with E-state index in [9.17, 15) is 58.2 Å². The molecule has 1 aromatic heterocycles. The van der Waals surface area contributed by atoms with Gasteiger partial charge >= 0.3 is 30.0 Å². The molecular formula is C67H103IN18O16. The first-order valence-corrected chi connectivity index (χ1v) is 36.4. The maximum absolute atomic E-state index is 13.8. The first-order valence-electron chi connectivity index (χ1n) is 35.3. The number of hydrogen-bond donors (Lipinski definition) is 14. The Hall–Kier alpha value is -7.75. The summed E-state index contributed by atoms with van der Waals surface area (Å²) in [6, 6.07) is 9.94. The van der Waals surface area contributed by atoms with Crippen LogP contribution in [-0.2, 0) is 65.5 Å². The first-order chi connectivity index (χ1) is 49.1. The van der Waals surface area contributed by atoms with Crippen molar-refractivity contribution in [3.8, 4) is 11.3 Å². The average Bonchev–Trinajstić information content (AvgIpc) is 1.53. The van der Waals surface area contributed by atoms with Crippen molar-refractivity contribution in [2.75, 3.05) is 137 Å². The van der Waals surface area contributed by atoms with Crippen molar-refractivity contribution < 1.29 is 86.9 Å². The summed E-state index contributed by atoms with van der Waals surface area (Å²) in [5.41, 5.74) is 12.4. The van der Waals surface area contributed by atoms with E-state index in [1.165, 1.54) is 0 Å². The van der Waals surface area contributed by atoms with Crippen LogP contribution in [-0.4, -0.2) is 254 Å². The Morgan fingerprint density at radius 3 is 1.89 bits per heavy atom. The second kappa shape index (κ2) is 42.1. The van der Waals surface area contributed by atoms with Crippen LogP contribution in [0.5, 0.6) is 0 Å². The number of rotatable bonds is 46. The fraction of sp³-hybridized carbons (Fsp3) is 0.642. The number of carboxylic acid groups (broad SMARTS) is 3. The number of amides is 9. The minimum absolute atomic E-state index is 0.0109. The standard InChI is InChI=1S/C67H103IN18O16/c1-66-42-69-28-29-70-44-67(45-76-86(47-67)32-31-85(86,46-66)75-43-66)81-58(89)17-9-16-56(87)71-24-5-2-13-52(61(93)79-53(62(94)95)14-3-6-25-72-59(90)39-48-19-21-50(68)22-20-48)78-57(88)23-33-100-35-37-102-38-36-101-34-30-84-41-55(82-83-84)49-11-8-12-51(40-49)77-64(98)73-26-7-4-15-54(63(96)97)80-65(99)74-27-10-18-60(91)92/h8,11-12,19-22,40-41,52-54,69-70H,2-7,9-10,13-18,23-39,42-47H2,1H3,(H,71,87)(H,72,90)(H,78,88)(H,79,93)(H,81,89)(H,91,92)(H,94,95)(H,96,97)(H2,73,77,98)(H2,74,80,99)/t52-,53-,54-,66?,67?,85?,86?/m0/s1. The Kier molecular flexibility index (Phi) is 33.7. The summed E-state index contributed by atoms with van der Waals surface area (Å²) in [7, 11) is 0. The molecule has 2 spiro atoms. The number of aliphatic carboxylic acids is 3. The third-order valence-corrected chi connectivity index (χ3v) is 18.8. The van der Waals surface area contributed by atoms with Crippen molar-refractivity contribution in [2.45, 2.75) is 140 Å². The summed E-state index contributed by atoms with van der Waals surface area (Å²) in [6.07, 6.45) is 5.46. The number of halogens is 1. The molecule has 4 aliphatic rings. The van der Waals surface area contributed by atoms with Gasteiger partial charge in [-0.15, -0.1) is 5.10 Å². The number of aromatic nitrogens is 3. The SMILES string of the molecule is CC12C[N-][N+]3(CC[N+]34CC(NC(=O)CCCC(=O)NCCCC[C@H](NC(=O)CCOCCOCCOCCn3cc(-c5cccc(NC(=O)NCCCC[C@H](NC(=O)NCCCC(=O)O)C(=O)O)c5)nn3)C(=O)N[C@@H](CCCCNC(=O)Cc3ccc(I)cc3)C(=O)O)(C[N-]4)CNCCNC1)C2. The summed E-state index contributed by atoms with van der Waals surface area (Å²) in [4.78, 5) is 125. The summed E-state index contributed by atoms with van der Waals surface area (Å²) >= 11 is 2.19. The number of carbonyl (C=O) groups is 10. The van der Waals surface area contributed by atoms with E-state index in [4.69, 9.17) is 30.2 Å². The van der Waals surface area contributed by atoms with Crippen molar-refractivity contribution in [3.63, 3.8) is 0 Å². The van der Waals surface area contributed by atoms with E-state index in [2.05, 4.69) is 98.3 Å². The van der Waals surface area contributed by atoms with E-state index in [1.807, 2.05) is 30.3 Å². The number of nitrogens with one attached hydrogen (secondary N) is 11. The summed E-state index contributed by atoms with van der Waals surface area (Å²) in [5.74, 6) is -5.13. The molecule has 7 atom stereocenters. The van der Waals surface area contributed by atoms with Gasteiger partial charge < -0.3 is 98.9 Å². The van der Waals surface area contributed by atoms with Gasteiger partial charge in [-0.2, -0.15) is 0 Å². The molecule has 7 rings (SSSR count). The summed E-state index contributed by atoms with van der Waals surface area (Å²) in [6.45, 7) is 12.5. The van der Waals surface area contributed by atoms with Crippen molar-refractivity contribution in [1.29, 1.82) is 0 Å². The quantitative estimate of drug-likeness (QED) is 0.0219. The molecule has 102 heavy (non-hydrogen) atoms. The summed E-state index contributed by atoms with van der Waals surface area (Å²) in [5, 5.41) is 68.6. The lowest BCUT2D eigenvalue weighted by atomic mass is 9.91. The van der Waals surface area contributed by atoms with Crippen LogP contribution in [0.3, 0.4) is 0 Å². The molecular weight excluding hydrogens is 1440 g/mol. The van der Waals surface area contributed by atoms with Crippen LogP contribution in [0.25, 0.3) is 22.1 Å². The molecule has 9 amide bonds. The monoisotopic (exact) mass is 1540 g/mol. The Labute approximate surface area is 607 Å². The maximum atomic E-state index is 13.8. The highest BCUT2D eigenvalue weighted by Crippen LogP contribution is 2.52. The fourth-order valence-electron chi connectivity index (χ4n) is 12.6. The van der Waals surface area contributed by atoms with Gasteiger partial charge in [0.05, 0.1) is 64.3 Å². The Morgan fingerprint density at radius 2 is 1.21 bits per heavy atom. The van der Waals surface area contributed by atoms with Gasteiger partial charge in [-0.25, -0.2) is 33.3 Å². The van der Waals surface area contributed by atoms with E-state index >= 15 is 0 Å². The first kappa shape index (κ1) is 81.5. The molecule has 564 valence electrons. The molecule has 35 heteroatoms. The number of anilines is 1. The topological polar surface area (TPSA) is 450 Å². The highest BCUT2D eigenvalue weighted by atomic mass is 127. The molecule has 4 fully saturated rings. The molecule has 2 aromatic carbocycles. The highest BCUT2D eigenvalue weighted by Gasteiger charge is 2.61. The van der Waals surface area contributed by atoms with E-state index in [0.717, 1.165) is 54.9 Å². The number of ether oxygens (including phenoxy) is 3. The zero-order chi connectivity index (χ0) is 73.2. The van der Waals surface area contributed by atoms with Crippen LogP contribution in [0.4, 0.5) is 15.3 Å². The van der Waals surface area contributed by atoms with Crippen molar-refractivity contribution in [2.24, 2.45) is 5.41 Å². The number of hydrogen-bond acceptors (Lipinski definition) is 17. The molecule has 0 aliphatic carbocycles. The molecule has 34 nitrogen and oxygen atoms in total. The van der Waals surface area contributed by atoms with E-state index in [1.54, 1.807) is 29.1 Å². The van der Waals surface area contributed by atoms with Gasteiger partial charge in [-0.3, -0.25) is 28.8 Å². The Morgan fingerprint density at radius 1 is 0.608 bits per heavy atom. The van der Waals surface area contributed by atoms with E-state index in [0.29, 0.717) is 111 Å². The van der Waals surface area contributed by atoms with Gasteiger partial charge in [0.2, 0.25) is 29.5 Å². The third-order valence-electron chi connectivity index (χ3n) is 18.1. The van der Waals surface area contributed by atoms with Crippen LogP contribution in [0.2, 0.25) is 0 Å². The Bertz CT molecular complexity index is 3250. The molecule has 0 radical (unpaired) electrons. The normalized spacial score (nSPS) is 20.6. The minimum Gasteiger partial charge on any atom is -0.481 e. The van der Waals surface area contributed by atoms with Crippen molar-refractivity contribution in [3.05, 3.63) is 74.7 Å². The van der Waals surface area contributed by atoms with Crippen LogP contribution >= 0.6 is 22.6 Å². The lowest BCUT2D eigenvalue weighted by Crippen LogP contribution is -2.80. The van der Waals surface area contributed by atoms with Crippen molar-refractivity contribution in [1.82, 2.24) is 68.2 Å². The van der Waals surface area contributed by atoms with Gasteiger partial charge in [0.1, 0.15) is 36.9 Å². The van der Waals surface area contributed by atoms with Gasteiger partial charge in [-0.05, 0) is 123 Å². The molecule has 3 aromatic rings. The van der Waals surface area contributed by atoms with Crippen LogP contribution < -0.4 is 58.5 Å². The lowest BCUT2D eigenvalue weighted by molar-refractivity contribution is -1.51. The lowest BCUT2D eigenvalue weighted by Gasteiger charge is -2.68. The molecule has 4 saturated heterocycles. The molecule has 4 bridgehead atoms. The minimum atomic E-state index is -1.26. The molecule has 14 N–H and O–H groups in total. The van der Waals surface area contributed by atoms with Crippen LogP contribution in [0.15, 0.2) is 54.7 Å². The predicted octanol–water partition coefficient (Wildman–Crippen LogP) is 2.16. The van der Waals surface area contributed by atoms with Crippen LogP contribution in [0.1, 0.15) is 109 Å². The molecule has 0 saturated carbocycles. The number of unbranched alkanes of at least 4 members (excludes halogenated alkanes) is 3. The second-order valence-corrected chi connectivity index (χ2v) is 27.9. The van der Waals surface area contributed by atoms with Gasteiger partial charge in [-0.1, -0.05) is 49.5 Å². The smallest absolute Gasteiger partial charge is 0.326 e. The number of fused-ring (bicyclic) bond motifs is 2. The highest BCUT2D eigenvalue weighted by molar-refractivity contribution is 14.1. The average molecular weight is 1540 g/mol. The second-order valence-electron chi connectivity index (χ2n) is 26.7. The Balaban J connectivity index is 0.759. The van der Waals surface area contributed by atoms with E-state index in [-0.39, 0.29) is 134 Å². The van der Waals surface area contributed by atoms with Crippen LogP contribution in [0, 0.1) is 8.99 Å². The number of carbonyl (C=O) groups excluding carboxylic acids is 7. The van der Waals surface area contributed by atoms with Gasteiger partial charge in [0.15, 0.2) is 13.1 Å². The zero-order valence-electron chi connectivity index (χ0n) is 58.2. The molecule has 4 unspecified atom stereocenters. The molecule has 5 heterocycles. The number of quaternary nitrogens is 2. The predicted molar refractivity (Wildman–Crippen MR) is 381 cm³/mol. The third kappa shape index (κ3) is 27.8. The van der Waals surface area contributed by atoms with Gasteiger partial charge in [0.25, 0.3) is 0 Å². The maximum Gasteiger partial charge on any atom is 0.326 e. The zero-order valence-corrected chi connectivity index (χ0v) is 60.4. The number of urea groups is 2. The van der Waals surface area contributed by atoms with Crippen molar-refractivity contribution >= 4 is 87.8 Å². The molecule has 4 aliphatic heterocycles. The number of benzene rings is 2. The summed E-state index contributed by atoms with van der Waals surface area (Å²) < 4.78 is 20.8. The van der Waals surface area contributed by atoms with Gasteiger partial charge in [0, 0.05) is 98.3 Å². The number of nitrogens with zero attached hydrogens (tertiary/aromatic N) is 7. The van der Waals surface area contributed by atoms with E-state index < -0.39 is 65.4 Å². The fourth-order valence-corrected chi connectivity index (χ4v) is 12.9.